The lowest BCUT2D eigenvalue weighted by Gasteiger charge is -2.37. The van der Waals surface area contributed by atoms with Gasteiger partial charge in [-0.3, -0.25) is 4.79 Å². The van der Waals surface area contributed by atoms with Crippen molar-refractivity contribution in [1.82, 2.24) is 5.32 Å². The van der Waals surface area contributed by atoms with Crippen LogP contribution >= 0.6 is 0 Å². The van der Waals surface area contributed by atoms with Crippen molar-refractivity contribution in [3.63, 3.8) is 0 Å². The molecule has 0 unspecified atom stereocenters. The molecule has 33 heavy (non-hydrogen) atoms. The summed E-state index contributed by atoms with van der Waals surface area (Å²) in [4.78, 5) is 12.8. The Morgan fingerprint density at radius 3 is 2.79 bits per heavy atom. The summed E-state index contributed by atoms with van der Waals surface area (Å²) in [6.45, 7) is 3.35. The highest BCUT2D eigenvalue weighted by Gasteiger charge is 2.38. The molecule has 0 radical (unpaired) electrons. The number of allylic oxidation sites excluding steroid dienone is 1. The number of ether oxygens (including phenoxy) is 3. The SMILES string of the molecule is CCO[C@H]1OC(C(=O)NCCOC)=C[C@@H](c2ccc3c(c2)Cc2ccccc2-3)[C@@H]1CCCO. The summed E-state index contributed by atoms with van der Waals surface area (Å²) in [5.74, 6) is -0.0528. The number of fused-ring (bicyclic) bond motifs is 3. The molecule has 2 aliphatic rings. The zero-order valence-corrected chi connectivity index (χ0v) is 19.4. The van der Waals surface area contributed by atoms with Gasteiger partial charge in [0, 0.05) is 38.7 Å². The van der Waals surface area contributed by atoms with Gasteiger partial charge in [0.15, 0.2) is 5.76 Å². The van der Waals surface area contributed by atoms with Gasteiger partial charge in [0.2, 0.25) is 6.29 Å². The standard InChI is InChI=1S/C27H33NO5/c1-3-32-27-23(9-6-13-29)24(17-25(33-27)26(30)28-12-14-31-2)19-10-11-22-20(16-19)15-18-7-4-5-8-21(18)22/h4-5,7-8,10-11,16-17,23-24,27,29H,3,6,9,12-15H2,1-2H3,(H,28,30)/t23-,24-,27-/m0/s1. The van der Waals surface area contributed by atoms with Crippen molar-refractivity contribution in [1.29, 1.82) is 0 Å². The van der Waals surface area contributed by atoms with E-state index in [1.54, 1.807) is 7.11 Å². The summed E-state index contributed by atoms with van der Waals surface area (Å²) < 4.78 is 17.0. The molecule has 0 saturated carbocycles. The number of hydrogen-bond donors (Lipinski definition) is 2. The van der Waals surface area contributed by atoms with E-state index in [2.05, 4.69) is 47.8 Å². The second kappa shape index (κ2) is 11.0. The molecule has 0 bridgehead atoms. The lowest BCUT2D eigenvalue weighted by atomic mass is 9.80. The minimum Gasteiger partial charge on any atom is -0.459 e. The van der Waals surface area contributed by atoms with Gasteiger partial charge in [-0.25, -0.2) is 0 Å². The highest BCUT2D eigenvalue weighted by atomic mass is 16.7. The zero-order chi connectivity index (χ0) is 23.2. The van der Waals surface area contributed by atoms with Crippen LogP contribution in [0.4, 0.5) is 0 Å². The number of carbonyl (C=O) groups excluding carboxylic acids is 1. The molecule has 2 aromatic carbocycles. The average Bonchev–Trinajstić information content (AvgIpc) is 3.21. The van der Waals surface area contributed by atoms with Gasteiger partial charge in [0.1, 0.15) is 0 Å². The molecule has 0 spiro atoms. The molecular formula is C27H33NO5. The first-order chi connectivity index (χ1) is 16.2. The fourth-order valence-electron chi connectivity index (χ4n) is 4.87. The summed E-state index contributed by atoms with van der Waals surface area (Å²) in [5.41, 5.74) is 6.35. The van der Waals surface area contributed by atoms with Crippen LogP contribution in [0.15, 0.2) is 54.3 Å². The molecule has 1 aliphatic carbocycles. The van der Waals surface area contributed by atoms with Gasteiger partial charge in [0.25, 0.3) is 5.91 Å². The smallest absolute Gasteiger partial charge is 0.286 e. The molecule has 6 heteroatoms. The Balaban J connectivity index is 1.67. The Hall–Kier alpha value is -2.67. The Kier molecular flexibility index (Phi) is 7.81. The lowest BCUT2D eigenvalue weighted by Crippen LogP contribution is -2.39. The van der Waals surface area contributed by atoms with E-state index in [9.17, 15) is 9.90 Å². The lowest BCUT2D eigenvalue weighted by molar-refractivity contribution is -0.166. The van der Waals surface area contributed by atoms with Crippen LogP contribution in [0.1, 0.15) is 42.4 Å². The number of aliphatic hydroxyl groups is 1. The van der Waals surface area contributed by atoms with Gasteiger partial charge in [-0.15, -0.1) is 0 Å². The van der Waals surface area contributed by atoms with E-state index in [-0.39, 0.29) is 30.1 Å². The Bertz CT molecular complexity index is 1000. The number of aliphatic hydroxyl groups excluding tert-OH is 1. The largest absolute Gasteiger partial charge is 0.459 e. The minimum atomic E-state index is -0.551. The highest BCUT2D eigenvalue weighted by molar-refractivity contribution is 5.91. The second-order valence-electron chi connectivity index (χ2n) is 8.53. The van der Waals surface area contributed by atoms with Crippen LogP contribution in [0.25, 0.3) is 11.1 Å². The van der Waals surface area contributed by atoms with E-state index >= 15 is 0 Å². The Morgan fingerprint density at radius 1 is 1.18 bits per heavy atom. The fraction of sp³-hybridized carbons (Fsp3) is 0.444. The summed E-state index contributed by atoms with van der Waals surface area (Å²) in [7, 11) is 1.60. The zero-order valence-electron chi connectivity index (χ0n) is 19.4. The molecule has 1 aliphatic heterocycles. The van der Waals surface area contributed by atoms with Crippen LogP contribution in [0.3, 0.4) is 0 Å². The topological polar surface area (TPSA) is 77.0 Å². The van der Waals surface area contributed by atoms with Crippen molar-refractivity contribution in [3.05, 3.63) is 71.0 Å². The first-order valence-electron chi connectivity index (χ1n) is 11.8. The van der Waals surface area contributed by atoms with Crippen molar-refractivity contribution >= 4 is 5.91 Å². The summed E-state index contributed by atoms with van der Waals surface area (Å²) in [5, 5.41) is 12.3. The van der Waals surface area contributed by atoms with Gasteiger partial charge >= 0.3 is 0 Å². The van der Waals surface area contributed by atoms with E-state index in [1.165, 1.54) is 22.3 Å². The number of methoxy groups -OCH3 is 1. The van der Waals surface area contributed by atoms with Gasteiger partial charge in [-0.2, -0.15) is 0 Å². The number of nitrogens with one attached hydrogen (secondary N) is 1. The average molecular weight is 452 g/mol. The fourth-order valence-corrected chi connectivity index (χ4v) is 4.87. The quantitative estimate of drug-likeness (QED) is 0.459. The second-order valence-corrected chi connectivity index (χ2v) is 8.53. The Morgan fingerprint density at radius 2 is 2.00 bits per heavy atom. The molecule has 1 heterocycles. The third-order valence-corrected chi connectivity index (χ3v) is 6.43. The maximum Gasteiger partial charge on any atom is 0.286 e. The molecule has 0 saturated heterocycles. The van der Waals surface area contributed by atoms with Gasteiger partial charge in [0.05, 0.1) is 6.61 Å². The molecule has 1 amide bonds. The van der Waals surface area contributed by atoms with E-state index in [4.69, 9.17) is 14.2 Å². The highest BCUT2D eigenvalue weighted by Crippen LogP contribution is 2.43. The van der Waals surface area contributed by atoms with Crippen LogP contribution in [0, 0.1) is 5.92 Å². The van der Waals surface area contributed by atoms with Crippen LogP contribution in [-0.4, -0.2) is 50.8 Å². The number of amides is 1. The minimum absolute atomic E-state index is 0.00514. The predicted octanol–water partition coefficient (Wildman–Crippen LogP) is 3.77. The first-order valence-corrected chi connectivity index (χ1v) is 11.8. The number of rotatable bonds is 10. The molecule has 6 nitrogen and oxygen atoms in total. The normalized spacial score (nSPS) is 21.1. The van der Waals surface area contributed by atoms with E-state index < -0.39 is 6.29 Å². The molecule has 3 atom stereocenters. The van der Waals surface area contributed by atoms with Crippen LogP contribution < -0.4 is 5.32 Å². The summed E-state index contributed by atoms with van der Waals surface area (Å²) in [6.07, 6.45) is 3.66. The molecule has 0 aromatic heterocycles. The summed E-state index contributed by atoms with van der Waals surface area (Å²) >= 11 is 0. The molecule has 0 fully saturated rings. The van der Waals surface area contributed by atoms with Crippen LogP contribution in [-0.2, 0) is 25.4 Å². The third kappa shape index (κ3) is 5.13. The van der Waals surface area contributed by atoms with E-state index in [1.807, 2.05) is 13.0 Å². The number of benzene rings is 2. The van der Waals surface area contributed by atoms with Crippen molar-refractivity contribution in [2.75, 3.05) is 33.5 Å². The van der Waals surface area contributed by atoms with E-state index in [0.717, 1.165) is 18.4 Å². The molecule has 2 N–H and O–H groups in total. The van der Waals surface area contributed by atoms with Crippen molar-refractivity contribution in [3.8, 4) is 11.1 Å². The first kappa shape index (κ1) is 23.5. The predicted molar refractivity (Wildman–Crippen MR) is 127 cm³/mol. The Labute approximate surface area is 195 Å². The van der Waals surface area contributed by atoms with E-state index in [0.29, 0.717) is 26.2 Å². The van der Waals surface area contributed by atoms with Crippen LogP contribution in [0.5, 0.6) is 0 Å². The van der Waals surface area contributed by atoms with Gasteiger partial charge in [-0.05, 0) is 60.1 Å². The monoisotopic (exact) mass is 451 g/mol. The number of carbonyl (C=O) groups is 1. The van der Waals surface area contributed by atoms with Crippen LogP contribution in [0.2, 0.25) is 0 Å². The summed E-state index contributed by atoms with van der Waals surface area (Å²) in [6, 6.07) is 15.1. The third-order valence-electron chi connectivity index (χ3n) is 6.43. The number of hydrogen-bond acceptors (Lipinski definition) is 5. The van der Waals surface area contributed by atoms with Crippen molar-refractivity contribution < 1.29 is 24.1 Å². The van der Waals surface area contributed by atoms with Crippen molar-refractivity contribution in [2.24, 2.45) is 5.92 Å². The maximum absolute atomic E-state index is 12.8. The molecular weight excluding hydrogens is 418 g/mol. The maximum atomic E-state index is 12.8. The molecule has 176 valence electrons. The molecule has 2 aromatic rings. The van der Waals surface area contributed by atoms with Crippen molar-refractivity contribution in [2.45, 2.75) is 38.4 Å². The van der Waals surface area contributed by atoms with Gasteiger partial charge < -0.3 is 24.6 Å². The van der Waals surface area contributed by atoms with Gasteiger partial charge in [-0.1, -0.05) is 42.5 Å². The molecule has 4 rings (SSSR count).